The van der Waals surface area contributed by atoms with Gasteiger partial charge >= 0.3 is 0 Å². The van der Waals surface area contributed by atoms with Crippen LogP contribution in [0.1, 0.15) is 42.5 Å². The summed E-state index contributed by atoms with van der Waals surface area (Å²) in [5, 5.41) is 4.09. The molecule has 30 heavy (non-hydrogen) atoms. The molecule has 6 nitrogen and oxygen atoms in total. The zero-order valence-corrected chi connectivity index (χ0v) is 17.7. The van der Waals surface area contributed by atoms with Crippen molar-refractivity contribution in [3.63, 3.8) is 0 Å². The molecule has 0 saturated heterocycles. The minimum atomic E-state index is -3.61. The van der Waals surface area contributed by atoms with E-state index >= 15 is 0 Å². The first-order valence-corrected chi connectivity index (χ1v) is 12.0. The summed E-state index contributed by atoms with van der Waals surface area (Å²) >= 11 is 0. The summed E-state index contributed by atoms with van der Waals surface area (Å²) in [5.74, 6) is -0.259. The van der Waals surface area contributed by atoms with E-state index in [1.54, 1.807) is 12.1 Å². The van der Waals surface area contributed by atoms with E-state index in [0.29, 0.717) is 12.1 Å². The van der Waals surface area contributed by atoms with Gasteiger partial charge in [0.05, 0.1) is 4.90 Å². The first-order valence-electron chi connectivity index (χ1n) is 10.5. The number of fused-ring (bicyclic) bond motifs is 1. The van der Waals surface area contributed by atoms with Crippen molar-refractivity contribution < 1.29 is 13.2 Å². The Kier molecular flexibility index (Phi) is 6.20. The van der Waals surface area contributed by atoms with E-state index in [4.69, 9.17) is 0 Å². The lowest BCUT2D eigenvalue weighted by Gasteiger charge is -2.13. The highest BCUT2D eigenvalue weighted by Gasteiger charge is 2.23. The minimum Gasteiger partial charge on any atom is -0.352 e. The lowest BCUT2D eigenvalue weighted by Crippen LogP contribution is -2.33. The standard InChI is InChI=1S/C23H27N3O3S/c27-23(24-14-6-15-26-16-13-18-7-1-4-12-22(18)26)19-8-5-11-21(17-19)30(28,29)25-20-9-2-3-10-20/h1,4-5,7-8,11-13,16-17,20,25H,2-3,6,9-10,14-15H2,(H,24,27). The van der Waals surface area contributed by atoms with Crippen molar-refractivity contribution in [2.75, 3.05) is 6.54 Å². The Morgan fingerprint density at radius 1 is 1.03 bits per heavy atom. The van der Waals surface area contributed by atoms with Gasteiger partial charge in [-0.15, -0.1) is 0 Å². The van der Waals surface area contributed by atoms with Gasteiger partial charge in [-0.05, 0) is 55.0 Å². The van der Waals surface area contributed by atoms with Crippen LogP contribution >= 0.6 is 0 Å². The number of carbonyl (C=O) groups excluding carboxylic acids is 1. The van der Waals surface area contributed by atoms with Gasteiger partial charge in [0.1, 0.15) is 0 Å². The summed E-state index contributed by atoms with van der Waals surface area (Å²) in [4.78, 5) is 12.6. The quantitative estimate of drug-likeness (QED) is 0.540. The van der Waals surface area contributed by atoms with E-state index in [-0.39, 0.29) is 16.8 Å². The molecular weight excluding hydrogens is 398 g/mol. The molecular formula is C23H27N3O3S. The van der Waals surface area contributed by atoms with Gasteiger partial charge in [-0.1, -0.05) is 37.1 Å². The molecule has 0 atom stereocenters. The third-order valence-corrected chi connectivity index (χ3v) is 7.14. The number of para-hydroxylation sites is 1. The number of hydrogen-bond acceptors (Lipinski definition) is 3. The molecule has 0 unspecified atom stereocenters. The van der Waals surface area contributed by atoms with Crippen LogP contribution in [0.2, 0.25) is 0 Å². The number of hydrogen-bond donors (Lipinski definition) is 2. The normalized spacial score (nSPS) is 14.9. The average molecular weight is 426 g/mol. The van der Waals surface area contributed by atoms with E-state index in [0.717, 1.165) is 38.6 Å². The Morgan fingerprint density at radius 3 is 2.67 bits per heavy atom. The van der Waals surface area contributed by atoms with Crippen LogP contribution in [0.15, 0.2) is 65.7 Å². The molecule has 7 heteroatoms. The molecule has 1 aliphatic carbocycles. The molecule has 4 rings (SSSR count). The van der Waals surface area contributed by atoms with E-state index < -0.39 is 10.0 Å². The van der Waals surface area contributed by atoms with Crippen LogP contribution in [0.3, 0.4) is 0 Å². The van der Waals surface area contributed by atoms with Crippen LogP contribution in [-0.2, 0) is 16.6 Å². The number of sulfonamides is 1. The van der Waals surface area contributed by atoms with Crippen LogP contribution in [0.5, 0.6) is 0 Å². The summed E-state index contributed by atoms with van der Waals surface area (Å²) in [7, 11) is -3.61. The number of amides is 1. The van der Waals surface area contributed by atoms with Crippen LogP contribution in [0, 0.1) is 0 Å². The van der Waals surface area contributed by atoms with Crippen molar-refractivity contribution >= 4 is 26.8 Å². The predicted molar refractivity (Wildman–Crippen MR) is 118 cm³/mol. The molecule has 1 saturated carbocycles. The number of aryl methyl sites for hydroxylation is 1. The van der Waals surface area contributed by atoms with Gasteiger partial charge in [-0.25, -0.2) is 13.1 Å². The van der Waals surface area contributed by atoms with Crippen LogP contribution in [0.4, 0.5) is 0 Å². The smallest absolute Gasteiger partial charge is 0.251 e. The Balaban J connectivity index is 1.33. The van der Waals surface area contributed by atoms with Gasteiger partial charge < -0.3 is 9.88 Å². The maximum Gasteiger partial charge on any atom is 0.251 e. The Labute approximate surface area is 177 Å². The summed E-state index contributed by atoms with van der Waals surface area (Å²) in [6, 6.07) is 16.5. The van der Waals surface area contributed by atoms with Gasteiger partial charge in [0.25, 0.3) is 5.91 Å². The molecule has 1 aromatic heterocycles. The highest BCUT2D eigenvalue weighted by Crippen LogP contribution is 2.21. The first-order chi connectivity index (χ1) is 14.5. The van der Waals surface area contributed by atoms with Crippen molar-refractivity contribution in [3.8, 4) is 0 Å². The number of nitrogens with zero attached hydrogens (tertiary/aromatic N) is 1. The second-order valence-corrected chi connectivity index (χ2v) is 9.52. The fourth-order valence-electron chi connectivity index (χ4n) is 4.02. The third-order valence-electron chi connectivity index (χ3n) is 5.63. The van der Waals surface area contributed by atoms with Crippen molar-refractivity contribution in [1.29, 1.82) is 0 Å². The van der Waals surface area contributed by atoms with Crippen molar-refractivity contribution in [3.05, 3.63) is 66.4 Å². The molecule has 3 aromatic rings. The summed E-state index contributed by atoms with van der Waals surface area (Å²) in [5.41, 5.74) is 1.53. The van der Waals surface area contributed by atoms with Gasteiger partial charge in [0, 0.05) is 36.4 Å². The van der Waals surface area contributed by atoms with Gasteiger partial charge in [0.2, 0.25) is 10.0 Å². The van der Waals surface area contributed by atoms with Crippen LogP contribution < -0.4 is 10.0 Å². The van der Waals surface area contributed by atoms with Crippen LogP contribution in [0.25, 0.3) is 10.9 Å². The number of carbonyl (C=O) groups is 1. The molecule has 1 heterocycles. The second kappa shape index (κ2) is 9.02. The molecule has 1 aliphatic rings. The second-order valence-electron chi connectivity index (χ2n) is 7.81. The zero-order chi connectivity index (χ0) is 21.0. The maximum atomic E-state index is 12.6. The average Bonchev–Trinajstić information content (AvgIpc) is 3.41. The number of aromatic nitrogens is 1. The molecule has 158 valence electrons. The Morgan fingerprint density at radius 2 is 1.83 bits per heavy atom. The topological polar surface area (TPSA) is 80.2 Å². The molecule has 2 N–H and O–H groups in total. The summed E-state index contributed by atoms with van der Waals surface area (Å²) in [6.07, 6.45) is 6.68. The lowest BCUT2D eigenvalue weighted by atomic mass is 10.2. The molecule has 0 aliphatic heterocycles. The molecule has 0 radical (unpaired) electrons. The fraction of sp³-hybridized carbons (Fsp3) is 0.348. The molecule has 0 bridgehead atoms. The third kappa shape index (κ3) is 4.74. The van der Waals surface area contributed by atoms with Crippen LogP contribution in [-0.4, -0.2) is 31.5 Å². The highest BCUT2D eigenvalue weighted by molar-refractivity contribution is 7.89. The lowest BCUT2D eigenvalue weighted by molar-refractivity contribution is 0.0952. The van der Waals surface area contributed by atoms with E-state index in [9.17, 15) is 13.2 Å². The van der Waals surface area contributed by atoms with E-state index in [2.05, 4.69) is 39.0 Å². The molecule has 2 aromatic carbocycles. The number of nitrogens with one attached hydrogen (secondary N) is 2. The van der Waals surface area contributed by atoms with Crippen molar-refractivity contribution in [1.82, 2.24) is 14.6 Å². The van der Waals surface area contributed by atoms with E-state index in [1.807, 2.05) is 12.1 Å². The van der Waals surface area contributed by atoms with Crippen molar-refractivity contribution in [2.45, 2.75) is 49.6 Å². The number of benzene rings is 2. The van der Waals surface area contributed by atoms with E-state index in [1.165, 1.54) is 23.0 Å². The Hall–Kier alpha value is -2.64. The zero-order valence-electron chi connectivity index (χ0n) is 16.9. The molecule has 1 amide bonds. The predicted octanol–water partition coefficient (Wildman–Crippen LogP) is 3.68. The van der Waals surface area contributed by atoms with Gasteiger partial charge in [-0.3, -0.25) is 4.79 Å². The summed E-state index contributed by atoms with van der Waals surface area (Å²) in [6.45, 7) is 1.32. The minimum absolute atomic E-state index is 0.00255. The number of rotatable bonds is 8. The fourth-order valence-corrected chi connectivity index (χ4v) is 5.38. The van der Waals surface area contributed by atoms with Gasteiger partial charge in [-0.2, -0.15) is 0 Å². The largest absolute Gasteiger partial charge is 0.352 e. The highest BCUT2D eigenvalue weighted by atomic mass is 32.2. The molecule has 1 fully saturated rings. The Bertz CT molecular complexity index is 1130. The summed E-state index contributed by atoms with van der Waals surface area (Å²) < 4.78 is 30.2. The van der Waals surface area contributed by atoms with Crippen molar-refractivity contribution in [2.24, 2.45) is 0 Å². The maximum absolute atomic E-state index is 12.6. The monoisotopic (exact) mass is 425 g/mol. The SMILES string of the molecule is O=C(NCCCn1ccc2ccccc21)c1cccc(S(=O)(=O)NC2CCCC2)c1. The van der Waals surface area contributed by atoms with Gasteiger partial charge in [0.15, 0.2) is 0 Å². The molecule has 0 spiro atoms. The first kappa shape index (κ1) is 20.6.